The average molecular weight is 277 g/mol. The zero-order valence-electron chi connectivity index (χ0n) is 11.7. The number of ether oxygens (including phenoxy) is 1. The molecule has 3 nitrogen and oxygen atoms in total. The molecule has 0 radical (unpaired) electrons. The molecule has 2 aromatic carbocycles. The molecular formula is C18H15NO2. The second-order valence-electron chi connectivity index (χ2n) is 4.81. The van der Waals surface area contributed by atoms with Gasteiger partial charge >= 0.3 is 5.97 Å². The van der Waals surface area contributed by atoms with Crippen molar-refractivity contribution < 1.29 is 9.53 Å². The minimum atomic E-state index is -0.324. The summed E-state index contributed by atoms with van der Waals surface area (Å²) in [5.74, 6) is -0.324. The van der Waals surface area contributed by atoms with E-state index >= 15 is 0 Å². The first kappa shape index (κ1) is 13.3. The summed E-state index contributed by atoms with van der Waals surface area (Å²) in [5, 5.41) is 0. The van der Waals surface area contributed by atoms with Gasteiger partial charge in [-0.1, -0.05) is 42.5 Å². The van der Waals surface area contributed by atoms with E-state index in [0.29, 0.717) is 12.1 Å². The smallest absolute Gasteiger partial charge is 0.337 e. The van der Waals surface area contributed by atoms with E-state index in [1.807, 2.05) is 30.3 Å². The molecule has 0 N–H and O–H groups in total. The summed E-state index contributed by atoms with van der Waals surface area (Å²) in [7, 11) is 1.38. The quantitative estimate of drug-likeness (QED) is 0.807. The van der Waals surface area contributed by atoms with E-state index < -0.39 is 0 Å². The lowest BCUT2D eigenvalue weighted by Crippen LogP contribution is -2.02. The Morgan fingerprint density at radius 2 is 1.71 bits per heavy atom. The Bertz CT molecular complexity index is 713. The third-order valence-electron chi connectivity index (χ3n) is 3.48. The molecular weight excluding hydrogens is 262 g/mol. The van der Waals surface area contributed by atoms with Gasteiger partial charge in [0.05, 0.1) is 24.9 Å². The Hall–Kier alpha value is -2.68. The van der Waals surface area contributed by atoms with Gasteiger partial charge in [0.2, 0.25) is 0 Å². The second kappa shape index (κ2) is 5.75. The SMILES string of the molecule is COC(=O)c1ccc(C2=NCC(c3ccccc3)=C2)cc1. The van der Waals surface area contributed by atoms with Crippen LogP contribution < -0.4 is 0 Å². The maximum absolute atomic E-state index is 11.4. The van der Waals surface area contributed by atoms with Crippen LogP contribution >= 0.6 is 0 Å². The fraction of sp³-hybridized carbons (Fsp3) is 0.111. The molecule has 2 aromatic rings. The molecule has 0 saturated heterocycles. The lowest BCUT2D eigenvalue weighted by Gasteiger charge is -2.01. The average Bonchev–Trinajstić information content (AvgIpc) is 3.05. The second-order valence-corrected chi connectivity index (χ2v) is 4.81. The highest BCUT2D eigenvalue weighted by molar-refractivity contribution is 6.15. The zero-order valence-corrected chi connectivity index (χ0v) is 11.7. The van der Waals surface area contributed by atoms with Gasteiger partial charge in [-0.3, -0.25) is 4.99 Å². The minimum Gasteiger partial charge on any atom is -0.465 e. The third kappa shape index (κ3) is 2.77. The third-order valence-corrected chi connectivity index (χ3v) is 3.48. The van der Waals surface area contributed by atoms with E-state index in [1.54, 1.807) is 12.1 Å². The molecule has 1 heterocycles. The van der Waals surface area contributed by atoms with Crippen molar-refractivity contribution in [1.82, 2.24) is 0 Å². The number of esters is 1. The van der Waals surface area contributed by atoms with Gasteiger partial charge in [0.1, 0.15) is 0 Å². The van der Waals surface area contributed by atoms with Crippen LogP contribution in [0.2, 0.25) is 0 Å². The number of hydrogen-bond donors (Lipinski definition) is 0. The van der Waals surface area contributed by atoms with Gasteiger partial charge in [-0.05, 0) is 34.9 Å². The molecule has 0 saturated carbocycles. The molecule has 0 amide bonds. The Morgan fingerprint density at radius 1 is 1.00 bits per heavy atom. The number of benzene rings is 2. The summed E-state index contributed by atoms with van der Waals surface area (Å²) in [6.07, 6.45) is 2.10. The predicted molar refractivity (Wildman–Crippen MR) is 83.6 cm³/mol. The van der Waals surface area contributed by atoms with Crippen molar-refractivity contribution in [2.45, 2.75) is 0 Å². The van der Waals surface area contributed by atoms with Crippen LogP contribution in [0.1, 0.15) is 21.5 Å². The molecule has 3 heteroatoms. The van der Waals surface area contributed by atoms with Crippen LogP contribution in [0.5, 0.6) is 0 Å². The number of aliphatic imine (C=N–C) groups is 1. The maximum atomic E-state index is 11.4. The monoisotopic (exact) mass is 277 g/mol. The van der Waals surface area contributed by atoms with Gasteiger partial charge < -0.3 is 4.74 Å². The molecule has 0 aromatic heterocycles. The number of allylic oxidation sites excluding steroid dienone is 1. The van der Waals surface area contributed by atoms with Gasteiger partial charge in [-0.15, -0.1) is 0 Å². The van der Waals surface area contributed by atoms with Crippen molar-refractivity contribution in [3.63, 3.8) is 0 Å². The molecule has 0 unspecified atom stereocenters. The number of carbonyl (C=O) groups excluding carboxylic acids is 1. The van der Waals surface area contributed by atoms with Crippen LogP contribution in [0.3, 0.4) is 0 Å². The molecule has 1 aliphatic rings. The Balaban J connectivity index is 1.82. The van der Waals surface area contributed by atoms with E-state index in [-0.39, 0.29) is 5.97 Å². The van der Waals surface area contributed by atoms with E-state index in [4.69, 9.17) is 4.74 Å². The number of nitrogens with zero attached hydrogens (tertiary/aromatic N) is 1. The molecule has 0 aliphatic carbocycles. The van der Waals surface area contributed by atoms with Crippen molar-refractivity contribution in [3.8, 4) is 0 Å². The summed E-state index contributed by atoms with van der Waals surface area (Å²) < 4.78 is 4.70. The van der Waals surface area contributed by atoms with E-state index in [2.05, 4.69) is 23.2 Å². The first-order chi connectivity index (χ1) is 10.3. The number of rotatable bonds is 3. The van der Waals surface area contributed by atoms with Crippen LogP contribution in [0.15, 0.2) is 65.7 Å². The highest BCUT2D eigenvalue weighted by Crippen LogP contribution is 2.21. The molecule has 21 heavy (non-hydrogen) atoms. The van der Waals surface area contributed by atoms with Gasteiger partial charge in [-0.25, -0.2) is 4.79 Å². The molecule has 0 spiro atoms. The van der Waals surface area contributed by atoms with Crippen LogP contribution in [0.25, 0.3) is 5.57 Å². The number of hydrogen-bond acceptors (Lipinski definition) is 3. The van der Waals surface area contributed by atoms with Crippen molar-refractivity contribution in [3.05, 3.63) is 77.4 Å². The molecule has 0 atom stereocenters. The van der Waals surface area contributed by atoms with Crippen LogP contribution in [-0.2, 0) is 4.74 Å². The van der Waals surface area contributed by atoms with Gasteiger partial charge in [0.15, 0.2) is 0 Å². The Kier molecular flexibility index (Phi) is 3.65. The highest BCUT2D eigenvalue weighted by Gasteiger charge is 2.12. The minimum absolute atomic E-state index is 0.324. The summed E-state index contributed by atoms with van der Waals surface area (Å²) in [5.41, 5.74) is 4.91. The topological polar surface area (TPSA) is 38.7 Å². The Labute approximate surface area is 123 Å². The molecule has 0 bridgehead atoms. The lowest BCUT2D eigenvalue weighted by molar-refractivity contribution is 0.0600. The molecule has 1 aliphatic heterocycles. The van der Waals surface area contributed by atoms with E-state index in [9.17, 15) is 4.79 Å². The van der Waals surface area contributed by atoms with Gasteiger partial charge in [0.25, 0.3) is 0 Å². The summed E-state index contributed by atoms with van der Waals surface area (Å²) in [4.78, 5) is 16.0. The highest BCUT2D eigenvalue weighted by atomic mass is 16.5. The van der Waals surface area contributed by atoms with Gasteiger partial charge in [-0.2, -0.15) is 0 Å². The summed E-state index contributed by atoms with van der Waals surface area (Å²) in [6, 6.07) is 17.6. The number of carbonyl (C=O) groups is 1. The van der Waals surface area contributed by atoms with Crippen molar-refractivity contribution in [1.29, 1.82) is 0 Å². The Morgan fingerprint density at radius 3 is 2.38 bits per heavy atom. The molecule has 0 fully saturated rings. The molecule has 3 rings (SSSR count). The zero-order chi connectivity index (χ0) is 14.7. The fourth-order valence-corrected chi connectivity index (χ4v) is 2.32. The lowest BCUT2D eigenvalue weighted by atomic mass is 10.0. The predicted octanol–water partition coefficient (Wildman–Crippen LogP) is 3.36. The number of methoxy groups -OCH3 is 1. The normalized spacial score (nSPS) is 13.6. The first-order valence-electron chi connectivity index (χ1n) is 6.77. The summed E-state index contributed by atoms with van der Waals surface area (Å²) in [6.45, 7) is 0.693. The standard InChI is InChI=1S/C18H15NO2/c1-21-18(20)15-9-7-14(8-10-15)17-11-16(12-19-17)13-5-3-2-4-6-13/h2-11H,12H2,1H3. The van der Waals surface area contributed by atoms with E-state index in [1.165, 1.54) is 18.2 Å². The first-order valence-corrected chi connectivity index (χ1v) is 6.77. The van der Waals surface area contributed by atoms with Crippen LogP contribution in [-0.4, -0.2) is 25.3 Å². The maximum Gasteiger partial charge on any atom is 0.337 e. The van der Waals surface area contributed by atoms with Crippen LogP contribution in [0, 0.1) is 0 Å². The molecule has 104 valence electrons. The van der Waals surface area contributed by atoms with Crippen molar-refractivity contribution >= 4 is 17.3 Å². The van der Waals surface area contributed by atoms with Crippen LogP contribution in [0.4, 0.5) is 0 Å². The van der Waals surface area contributed by atoms with Gasteiger partial charge in [0, 0.05) is 0 Å². The largest absolute Gasteiger partial charge is 0.465 e. The summed E-state index contributed by atoms with van der Waals surface area (Å²) >= 11 is 0. The van der Waals surface area contributed by atoms with Crippen molar-refractivity contribution in [2.24, 2.45) is 4.99 Å². The van der Waals surface area contributed by atoms with Crippen molar-refractivity contribution in [2.75, 3.05) is 13.7 Å². The fourth-order valence-electron chi connectivity index (χ4n) is 2.32. The van der Waals surface area contributed by atoms with E-state index in [0.717, 1.165) is 11.3 Å².